The van der Waals surface area contributed by atoms with Crippen molar-refractivity contribution >= 4 is 44.2 Å². The minimum atomic E-state index is -3.72. The zero-order valence-corrected chi connectivity index (χ0v) is 18.6. The molecule has 0 atom stereocenters. The Morgan fingerprint density at radius 2 is 2.00 bits per heavy atom. The van der Waals surface area contributed by atoms with Crippen LogP contribution in [0, 0.1) is 0 Å². The van der Waals surface area contributed by atoms with Gasteiger partial charge in [-0.2, -0.15) is 8.42 Å². The second-order valence-electron chi connectivity index (χ2n) is 7.21. The molecule has 32 heavy (non-hydrogen) atoms. The summed E-state index contributed by atoms with van der Waals surface area (Å²) in [7, 11) is -3.72. The molecule has 0 radical (unpaired) electrons. The number of anilines is 1. The fourth-order valence-electron chi connectivity index (χ4n) is 3.57. The zero-order chi connectivity index (χ0) is 22.1. The molecule has 1 saturated heterocycles. The van der Waals surface area contributed by atoms with Crippen LogP contribution in [0.15, 0.2) is 65.1 Å². The smallest absolute Gasteiger partial charge is 0.317 e. The standard InChI is InChI=1S/C21H20N6O3S2/c28-21-24-11-14-26(21)13-10-23-20-22-9-7-16(25-20)18-5-6-19(31-18)32(29,30)27-12-8-15-3-1-2-4-17(15)27/h1-9,12H,10-11,13-14H2,(H,24,28)(H,22,23,25). The number of hydrogen-bond acceptors (Lipinski definition) is 7. The van der Waals surface area contributed by atoms with Crippen molar-refractivity contribution in [3.05, 3.63) is 60.9 Å². The number of benzene rings is 1. The second kappa shape index (κ2) is 8.24. The van der Waals surface area contributed by atoms with Gasteiger partial charge in [-0.3, -0.25) is 0 Å². The van der Waals surface area contributed by atoms with E-state index in [2.05, 4.69) is 20.6 Å². The van der Waals surface area contributed by atoms with E-state index in [0.717, 1.165) is 21.6 Å². The van der Waals surface area contributed by atoms with Crippen LogP contribution in [0.25, 0.3) is 21.5 Å². The molecule has 0 saturated carbocycles. The number of para-hydroxylation sites is 1. The van der Waals surface area contributed by atoms with Gasteiger partial charge in [-0.05, 0) is 30.3 Å². The predicted octanol–water partition coefficient (Wildman–Crippen LogP) is 2.83. The third kappa shape index (κ3) is 3.80. The molecular weight excluding hydrogens is 448 g/mol. The Bertz CT molecular complexity index is 1400. The van der Waals surface area contributed by atoms with Gasteiger partial charge in [-0.25, -0.2) is 18.7 Å². The minimum absolute atomic E-state index is 0.0655. The first-order chi connectivity index (χ1) is 15.5. The molecule has 2 N–H and O–H groups in total. The number of carbonyl (C=O) groups excluding carboxylic acids is 1. The Morgan fingerprint density at radius 3 is 2.84 bits per heavy atom. The number of amides is 2. The maximum Gasteiger partial charge on any atom is 0.317 e. The van der Waals surface area contributed by atoms with Crippen LogP contribution in [0.1, 0.15) is 0 Å². The first-order valence-electron chi connectivity index (χ1n) is 10.0. The lowest BCUT2D eigenvalue weighted by molar-refractivity contribution is 0.219. The number of thiophene rings is 1. The highest BCUT2D eigenvalue weighted by Gasteiger charge is 2.22. The van der Waals surface area contributed by atoms with Crippen molar-refractivity contribution in [2.45, 2.75) is 4.21 Å². The maximum atomic E-state index is 13.2. The van der Waals surface area contributed by atoms with E-state index in [1.54, 1.807) is 47.6 Å². The molecule has 0 bridgehead atoms. The van der Waals surface area contributed by atoms with Crippen LogP contribution in [0.5, 0.6) is 0 Å². The Morgan fingerprint density at radius 1 is 1.12 bits per heavy atom. The van der Waals surface area contributed by atoms with E-state index in [9.17, 15) is 13.2 Å². The van der Waals surface area contributed by atoms with Crippen LogP contribution in [-0.4, -0.2) is 59.5 Å². The Labute approximate surface area is 188 Å². The van der Waals surface area contributed by atoms with E-state index in [0.29, 0.717) is 43.3 Å². The van der Waals surface area contributed by atoms with Crippen molar-refractivity contribution in [3.8, 4) is 10.6 Å². The van der Waals surface area contributed by atoms with Crippen molar-refractivity contribution in [1.29, 1.82) is 0 Å². The molecule has 0 spiro atoms. The van der Waals surface area contributed by atoms with Gasteiger partial charge in [0.2, 0.25) is 5.95 Å². The van der Waals surface area contributed by atoms with Gasteiger partial charge in [-0.15, -0.1) is 11.3 Å². The average molecular weight is 469 g/mol. The molecule has 11 heteroatoms. The van der Waals surface area contributed by atoms with Gasteiger partial charge in [0.05, 0.1) is 16.1 Å². The maximum absolute atomic E-state index is 13.2. The average Bonchev–Trinajstić information content (AvgIpc) is 3.54. The van der Waals surface area contributed by atoms with E-state index in [-0.39, 0.29) is 10.2 Å². The van der Waals surface area contributed by atoms with Gasteiger partial charge in [0.25, 0.3) is 10.0 Å². The van der Waals surface area contributed by atoms with Crippen molar-refractivity contribution in [2.75, 3.05) is 31.5 Å². The third-order valence-electron chi connectivity index (χ3n) is 5.18. The molecule has 1 fully saturated rings. The van der Waals surface area contributed by atoms with Gasteiger partial charge < -0.3 is 15.5 Å². The van der Waals surface area contributed by atoms with E-state index in [4.69, 9.17) is 0 Å². The van der Waals surface area contributed by atoms with Crippen molar-refractivity contribution in [3.63, 3.8) is 0 Å². The summed E-state index contributed by atoms with van der Waals surface area (Å²) < 4.78 is 28.0. The lowest BCUT2D eigenvalue weighted by atomic mass is 10.3. The number of carbonyl (C=O) groups is 1. The Balaban J connectivity index is 1.34. The summed E-state index contributed by atoms with van der Waals surface area (Å²) in [5, 5.41) is 6.75. The van der Waals surface area contributed by atoms with Crippen molar-refractivity contribution in [2.24, 2.45) is 0 Å². The predicted molar refractivity (Wildman–Crippen MR) is 123 cm³/mol. The molecule has 5 rings (SSSR count). The number of hydrogen-bond donors (Lipinski definition) is 2. The Kier molecular flexibility index (Phi) is 5.27. The third-order valence-corrected chi connectivity index (χ3v) is 8.44. The highest BCUT2D eigenvalue weighted by atomic mass is 32.2. The zero-order valence-electron chi connectivity index (χ0n) is 16.9. The summed E-state index contributed by atoms with van der Waals surface area (Å²) in [4.78, 5) is 22.8. The first kappa shape index (κ1) is 20.5. The van der Waals surface area contributed by atoms with Crippen LogP contribution in [-0.2, 0) is 10.0 Å². The largest absolute Gasteiger partial charge is 0.352 e. The van der Waals surface area contributed by atoms with E-state index in [1.165, 1.54) is 3.97 Å². The Hall–Kier alpha value is -3.44. The summed E-state index contributed by atoms with van der Waals surface area (Å²) >= 11 is 1.16. The summed E-state index contributed by atoms with van der Waals surface area (Å²) in [5.74, 6) is 0.427. The molecule has 4 aromatic rings. The second-order valence-corrected chi connectivity index (χ2v) is 10.3. The van der Waals surface area contributed by atoms with Gasteiger partial charge in [0.15, 0.2) is 0 Å². The normalized spacial score (nSPS) is 14.1. The quantitative estimate of drug-likeness (QED) is 0.432. The number of urea groups is 1. The van der Waals surface area contributed by atoms with Gasteiger partial charge >= 0.3 is 6.03 Å². The number of fused-ring (bicyclic) bond motifs is 1. The van der Waals surface area contributed by atoms with Crippen LogP contribution in [0.3, 0.4) is 0 Å². The summed E-state index contributed by atoms with van der Waals surface area (Å²) in [6, 6.07) is 14.2. The van der Waals surface area contributed by atoms with Gasteiger partial charge in [0, 0.05) is 44.0 Å². The summed E-state index contributed by atoms with van der Waals surface area (Å²) in [6.07, 6.45) is 3.20. The monoisotopic (exact) mass is 468 g/mol. The summed E-state index contributed by atoms with van der Waals surface area (Å²) in [5.41, 5.74) is 1.27. The SMILES string of the molecule is O=C1NCCN1CCNc1nccc(-c2ccc(S(=O)(=O)n3ccc4ccccc43)s2)n1. The fourth-order valence-corrected chi connectivity index (χ4v) is 6.29. The molecule has 0 aliphatic carbocycles. The minimum Gasteiger partial charge on any atom is -0.352 e. The van der Waals surface area contributed by atoms with E-state index < -0.39 is 10.0 Å². The lowest BCUT2D eigenvalue weighted by Gasteiger charge is -2.14. The molecule has 2 amide bonds. The molecule has 1 aliphatic rings. The molecule has 9 nitrogen and oxygen atoms in total. The molecule has 164 valence electrons. The van der Waals surface area contributed by atoms with Gasteiger partial charge in [-0.1, -0.05) is 18.2 Å². The highest BCUT2D eigenvalue weighted by Crippen LogP contribution is 2.32. The molecule has 4 heterocycles. The number of nitrogens with one attached hydrogen (secondary N) is 2. The van der Waals surface area contributed by atoms with Crippen LogP contribution >= 0.6 is 11.3 Å². The fraction of sp³-hybridized carbons (Fsp3) is 0.190. The van der Waals surface area contributed by atoms with E-state index in [1.807, 2.05) is 18.2 Å². The van der Waals surface area contributed by atoms with Crippen LogP contribution in [0.4, 0.5) is 10.7 Å². The summed E-state index contributed by atoms with van der Waals surface area (Å²) in [6.45, 7) is 2.41. The topological polar surface area (TPSA) is 109 Å². The highest BCUT2D eigenvalue weighted by molar-refractivity contribution is 7.92. The molecular formula is C21H20N6O3S2. The van der Waals surface area contributed by atoms with Crippen molar-refractivity contribution < 1.29 is 13.2 Å². The van der Waals surface area contributed by atoms with Crippen LogP contribution in [0.2, 0.25) is 0 Å². The molecule has 1 aliphatic heterocycles. The van der Waals surface area contributed by atoms with E-state index >= 15 is 0 Å². The van der Waals surface area contributed by atoms with Crippen molar-refractivity contribution in [1.82, 2.24) is 24.2 Å². The molecule has 0 unspecified atom stereocenters. The lowest BCUT2D eigenvalue weighted by Crippen LogP contribution is -2.32. The molecule has 1 aromatic carbocycles. The molecule has 3 aromatic heterocycles. The first-order valence-corrected chi connectivity index (χ1v) is 12.3. The van der Waals surface area contributed by atoms with Gasteiger partial charge in [0.1, 0.15) is 4.21 Å². The number of rotatable bonds is 7. The van der Waals surface area contributed by atoms with Crippen LogP contribution < -0.4 is 10.6 Å². The number of aromatic nitrogens is 3. The number of nitrogens with zero attached hydrogens (tertiary/aromatic N) is 4.